The van der Waals surface area contributed by atoms with Gasteiger partial charge in [-0.3, -0.25) is 9.80 Å². The van der Waals surface area contributed by atoms with Gasteiger partial charge in [-0.25, -0.2) is 0 Å². The van der Waals surface area contributed by atoms with Gasteiger partial charge in [-0.15, -0.1) is 0 Å². The highest BCUT2D eigenvalue weighted by atomic mass is 16.1. The zero-order valence-electron chi connectivity index (χ0n) is 19.6. The van der Waals surface area contributed by atoms with E-state index in [0.29, 0.717) is 11.1 Å². The number of hydrazone groups is 1. The summed E-state index contributed by atoms with van der Waals surface area (Å²) in [4.78, 5) is 12.9. The Morgan fingerprint density at radius 1 is 0.903 bits per heavy atom. The van der Waals surface area contributed by atoms with Gasteiger partial charge >= 0.3 is 0 Å². The maximum absolute atomic E-state index is 12.9. The highest BCUT2D eigenvalue weighted by molar-refractivity contribution is 6.12. The number of carbonyl (C=O) groups excluding carboxylic acids is 1. The van der Waals surface area contributed by atoms with E-state index in [1.807, 2.05) is 81.7 Å². The molecule has 0 saturated heterocycles. The number of anilines is 1. The maximum Gasteiger partial charge on any atom is 0.195 e. The average Bonchev–Trinajstić information content (AvgIpc) is 2.80. The molecule has 162 valence electrons. The van der Waals surface area contributed by atoms with Crippen molar-refractivity contribution in [3.05, 3.63) is 101 Å². The van der Waals surface area contributed by atoms with Gasteiger partial charge in [0, 0.05) is 24.4 Å². The van der Waals surface area contributed by atoms with E-state index in [1.165, 1.54) is 11.1 Å². The molecular weight excluding hydrogens is 380 g/mol. The van der Waals surface area contributed by atoms with E-state index in [-0.39, 0.29) is 11.2 Å². The zero-order valence-corrected chi connectivity index (χ0v) is 19.6. The summed E-state index contributed by atoms with van der Waals surface area (Å²) >= 11 is 0. The van der Waals surface area contributed by atoms with Gasteiger partial charge in [0.05, 0.1) is 5.69 Å². The van der Waals surface area contributed by atoms with Gasteiger partial charge in [0.1, 0.15) is 0 Å². The van der Waals surface area contributed by atoms with Crippen molar-refractivity contribution in [1.29, 1.82) is 0 Å². The van der Waals surface area contributed by atoms with E-state index in [4.69, 9.17) is 0 Å². The minimum absolute atomic E-state index is 0.00323. The van der Waals surface area contributed by atoms with E-state index >= 15 is 0 Å². The molecule has 0 aliphatic rings. The summed E-state index contributed by atoms with van der Waals surface area (Å²) in [5.74, 6) is 0.00323. The molecule has 0 amide bonds. The molecule has 3 aromatic carbocycles. The van der Waals surface area contributed by atoms with Crippen molar-refractivity contribution in [1.82, 2.24) is 0 Å². The topological polar surface area (TPSA) is 32.7 Å². The third-order valence-electron chi connectivity index (χ3n) is 5.26. The first-order valence-corrected chi connectivity index (χ1v) is 10.9. The molecule has 0 heterocycles. The number of ketones is 1. The van der Waals surface area contributed by atoms with Crippen molar-refractivity contribution >= 4 is 17.7 Å². The Balaban J connectivity index is 0.00000166. The second-order valence-corrected chi connectivity index (χ2v) is 7.94. The molecular formula is C28H34N2O. The van der Waals surface area contributed by atoms with Gasteiger partial charge in [0.25, 0.3) is 0 Å². The van der Waals surface area contributed by atoms with Crippen LogP contribution in [0.2, 0.25) is 0 Å². The zero-order chi connectivity index (χ0) is 22.9. The molecule has 0 aliphatic heterocycles. The second kappa shape index (κ2) is 11.3. The van der Waals surface area contributed by atoms with E-state index < -0.39 is 0 Å². The van der Waals surface area contributed by atoms with Gasteiger partial charge < -0.3 is 0 Å². The Morgan fingerprint density at radius 3 is 2.16 bits per heavy atom. The molecule has 0 radical (unpaired) electrons. The van der Waals surface area contributed by atoms with E-state index in [9.17, 15) is 4.79 Å². The highest BCUT2D eigenvalue weighted by Crippen LogP contribution is 2.29. The summed E-state index contributed by atoms with van der Waals surface area (Å²) < 4.78 is 0. The molecule has 31 heavy (non-hydrogen) atoms. The van der Waals surface area contributed by atoms with Crippen LogP contribution in [0.5, 0.6) is 0 Å². The average molecular weight is 415 g/mol. The predicted molar refractivity (Wildman–Crippen MR) is 133 cm³/mol. The summed E-state index contributed by atoms with van der Waals surface area (Å²) in [6, 6.07) is 25.4. The van der Waals surface area contributed by atoms with Crippen LogP contribution >= 0.6 is 0 Å². The molecule has 3 rings (SSSR count). The van der Waals surface area contributed by atoms with Crippen LogP contribution in [0.25, 0.3) is 0 Å². The van der Waals surface area contributed by atoms with Crippen molar-refractivity contribution in [3.63, 3.8) is 0 Å². The van der Waals surface area contributed by atoms with Gasteiger partial charge in [-0.1, -0.05) is 94.4 Å². The molecule has 0 saturated carbocycles. The van der Waals surface area contributed by atoms with E-state index in [0.717, 1.165) is 12.1 Å². The molecule has 0 aromatic heterocycles. The van der Waals surface area contributed by atoms with Crippen LogP contribution in [-0.4, -0.2) is 19.0 Å². The Bertz CT molecular complexity index is 1010. The SMILES string of the molecule is CC.Cc1ccccc1C(C)(C)C/C=N/N(C)c1ccccc1C(=O)c1ccccc1. The molecule has 3 nitrogen and oxygen atoms in total. The standard InChI is InChI=1S/C26H28N2O.C2H6/c1-20-12-8-10-16-23(20)26(2,3)18-19-27-28(4)24-17-11-9-15-22(24)25(29)21-13-6-5-7-14-21;1-2/h5-17,19H,18H2,1-4H3;1-2H3/b27-19+;. The summed E-state index contributed by atoms with van der Waals surface area (Å²) in [5, 5.41) is 6.41. The Morgan fingerprint density at radius 2 is 1.48 bits per heavy atom. The van der Waals surface area contributed by atoms with Crippen LogP contribution < -0.4 is 5.01 Å². The quantitative estimate of drug-likeness (QED) is 0.236. The van der Waals surface area contributed by atoms with E-state index in [2.05, 4.69) is 50.1 Å². The fourth-order valence-corrected chi connectivity index (χ4v) is 3.59. The molecule has 0 atom stereocenters. The van der Waals surface area contributed by atoms with Crippen molar-refractivity contribution in [2.24, 2.45) is 5.10 Å². The van der Waals surface area contributed by atoms with Crippen LogP contribution in [-0.2, 0) is 5.41 Å². The lowest BCUT2D eigenvalue weighted by atomic mass is 9.80. The first-order chi connectivity index (χ1) is 14.9. The van der Waals surface area contributed by atoms with Crippen molar-refractivity contribution in [2.45, 2.75) is 46.5 Å². The normalized spacial score (nSPS) is 11.0. The number of nitrogens with zero attached hydrogens (tertiary/aromatic N) is 2. The Labute approximate surface area is 187 Å². The summed E-state index contributed by atoms with van der Waals surface area (Å²) in [5.41, 5.74) is 4.72. The second-order valence-electron chi connectivity index (χ2n) is 7.94. The molecule has 0 spiro atoms. The van der Waals surface area contributed by atoms with Crippen LogP contribution in [0.1, 0.15) is 61.2 Å². The molecule has 3 aromatic rings. The molecule has 0 aliphatic carbocycles. The van der Waals surface area contributed by atoms with Crippen LogP contribution in [0.4, 0.5) is 5.69 Å². The largest absolute Gasteiger partial charge is 0.289 e. The number of rotatable bonds is 7. The van der Waals surface area contributed by atoms with Crippen molar-refractivity contribution in [3.8, 4) is 0 Å². The third-order valence-corrected chi connectivity index (χ3v) is 5.26. The predicted octanol–water partition coefficient (Wildman–Crippen LogP) is 7.04. The summed E-state index contributed by atoms with van der Waals surface area (Å²) in [6.45, 7) is 10.6. The number of aryl methyl sites for hydroxylation is 1. The monoisotopic (exact) mass is 414 g/mol. The molecule has 0 fully saturated rings. The molecule has 0 unspecified atom stereocenters. The first-order valence-electron chi connectivity index (χ1n) is 10.9. The summed E-state index contributed by atoms with van der Waals surface area (Å²) in [6.07, 6.45) is 2.74. The lowest BCUT2D eigenvalue weighted by Gasteiger charge is -2.25. The van der Waals surface area contributed by atoms with Gasteiger partial charge in [-0.05, 0) is 42.0 Å². The lowest BCUT2D eigenvalue weighted by molar-refractivity contribution is 0.103. The molecule has 3 heteroatoms. The Kier molecular flexibility index (Phi) is 8.75. The fraction of sp³-hybridized carbons (Fsp3) is 0.286. The number of para-hydroxylation sites is 1. The number of hydrogen-bond donors (Lipinski definition) is 0. The van der Waals surface area contributed by atoms with E-state index in [1.54, 1.807) is 5.01 Å². The Hall–Kier alpha value is -3.20. The highest BCUT2D eigenvalue weighted by Gasteiger charge is 2.21. The minimum Gasteiger partial charge on any atom is -0.289 e. The van der Waals surface area contributed by atoms with Gasteiger partial charge in [0.15, 0.2) is 5.78 Å². The number of hydrogen-bond acceptors (Lipinski definition) is 3. The summed E-state index contributed by atoms with van der Waals surface area (Å²) in [7, 11) is 1.88. The minimum atomic E-state index is -0.0188. The lowest BCUT2D eigenvalue weighted by Crippen LogP contribution is -2.20. The molecule has 0 bridgehead atoms. The van der Waals surface area contributed by atoms with Crippen LogP contribution in [0, 0.1) is 6.92 Å². The third kappa shape index (κ3) is 6.14. The van der Waals surface area contributed by atoms with Crippen LogP contribution in [0.3, 0.4) is 0 Å². The maximum atomic E-state index is 12.9. The van der Waals surface area contributed by atoms with Crippen molar-refractivity contribution < 1.29 is 4.79 Å². The fourth-order valence-electron chi connectivity index (χ4n) is 3.59. The number of benzene rings is 3. The first kappa shape index (κ1) is 24.1. The van der Waals surface area contributed by atoms with Crippen molar-refractivity contribution in [2.75, 3.05) is 12.1 Å². The van der Waals surface area contributed by atoms with Gasteiger partial charge in [-0.2, -0.15) is 5.10 Å². The van der Waals surface area contributed by atoms with Crippen LogP contribution in [0.15, 0.2) is 84.0 Å². The smallest absolute Gasteiger partial charge is 0.195 e. The van der Waals surface area contributed by atoms with Gasteiger partial charge in [0.2, 0.25) is 0 Å². The molecule has 0 N–H and O–H groups in total. The number of carbonyl (C=O) groups is 1.